The Morgan fingerprint density at radius 3 is 1.92 bits per heavy atom. The molecule has 0 saturated carbocycles. The van der Waals surface area contributed by atoms with Gasteiger partial charge < -0.3 is 8.98 Å². The fraction of sp³-hybridized carbons (Fsp3) is 0. The highest BCUT2D eigenvalue weighted by Crippen LogP contribution is 2.40. The van der Waals surface area contributed by atoms with E-state index in [-0.39, 0.29) is 0 Å². The molecule has 0 N–H and O–H groups in total. The molecule has 0 fully saturated rings. The third-order valence-electron chi connectivity index (χ3n) is 9.86. The molecule has 0 aliphatic rings. The van der Waals surface area contributed by atoms with Crippen LogP contribution in [0, 0.1) is 0 Å². The van der Waals surface area contributed by atoms with Gasteiger partial charge in [-0.2, -0.15) is 0 Å². The topological polar surface area (TPSA) is 56.7 Å². The first-order valence-electron chi connectivity index (χ1n) is 16.9. The van der Waals surface area contributed by atoms with Crippen molar-refractivity contribution in [3.8, 4) is 39.9 Å². The molecule has 5 nitrogen and oxygen atoms in total. The molecule has 6 heteroatoms. The number of rotatable bonds is 4. The summed E-state index contributed by atoms with van der Waals surface area (Å²) in [5.74, 6) is 1.85. The van der Waals surface area contributed by atoms with Crippen molar-refractivity contribution in [2.45, 2.75) is 0 Å². The molecule has 0 amide bonds. The van der Waals surface area contributed by atoms with Crippen molar-refractivity contribution in [1.82, 2.24) is 19.5 Å². The van der Waals surface area contributed by atoms with Gasteiger partial charge in [-0.15, -0.1) is 11.3 Å². The highest BCUT2D eigenvalue weighted by molar-refractivity contribution is 7.25. The molecule has 0 unspecified atom stereocenters. The summed E-state index contributed by atoms with van der Waals surface area (Å²) in [7, 11) is 0. The Balaban J connectivity index is 1.17. The SMILES string of the molecule is c1ccc(-n2c3ccccc3c3cc(-c4nc(-c5ccc6sc7ccccc7c6c5)nc(-c5cccc6oc7ccccc7c56)n4)ccc32)cc1. The van der Waals surface area contributed by atoms with Gasteiger partial charge in [-0.1, -0.05) is 84.9 Å². The summed E-state index contributed by atoms with van der Waals surface area (Å²) in [5, 5.41) is 6.80. The minimum absolute atomic E-state index is 0.606. The number of furan rings is 1. The van der Waals surface area contributed by atoms with Gasteiger partial charge in [0.05, 0.1) is 11.0 Å². The van der Waals surface area contributed by atoms with E-state index in [0.29, 0.717) is 17.5 Å². The fourth-order valence-corrected chi connectivity index (χ4v) is 8.63. The third-order valence-corrected chi connectivity index (χ3v) is 11.0. The van der Waals surface area contributed by atoms with E-state index in [4.69, 9.17) is 19.4 Å². The highest BCUT2D eigenvalue weighted by Gasteiger charge is 2.20. The molecule has 51 heavy (non-hydrogen) atoms. The zero-order valence-corrected chi connectivity index (χ0v) is 27.9. The number of aromatic nitrogens is 4. The van der Waals surface area contributed by atoms with Crippen molar-refractivity contribution >= 4 is 75.3 Å². The Kier molecular flexibility index (Phi) is 6.05. The fourth-order valence-electron chi connectivity index (χ4n) is 7.55. The van der Waals surface area contributed by atoms with Gasteiger partial charge in [0.1, 0.15) is 11.2 Å². The summed E-state index contributed by atoms with van der Waals surface area (Å²) in [6, 6.07) is 55.0. The lowest BCUT2D eigenvalue weighted by atomic mass is 10.0. The zero-order chi connectivity index (χ0) is 33.5. The van der Waals surface area contributed by atoms with Crippen LogP contribution in [0.5, 0.6) is 0 Å². The number of hydrogen-bond donors (Lipinski definition) is 0. The maximum absolute atomic E-state index is 6.28. The van der Waals surface area contributed by atoms with Gasteiger partial charge in [-0.05, 0) is 72.8 Å². The maximum Gasteiger partial charge on any atom is 0.164 e. The molecular weight excluding hydrogens is 645 g/mol. The van der Waals surface area contributed by atoms with E-state index in [1.54, 1.807) is 11.3 Å². The first-order chi connectivity index (χ1) is 25.3. The van der Waals surface area contributed by atoms with E-state index in [1.807, 2.05) is 30.3 Å². The summed E-state index contributed by atoms with van der Waals surface area (Å²) in [4.78, 5) is 15.6. The molecule has 11 rings (SSSR count). The van der Waals surface area contributed by atoms with Crippen molar-refractivity contribution in [2.24, 2.45) is 0 Å². The van der Waals surface area contributed by atoms with Crippen molar-refractivity contribution in [3.63, 3.8) is 0 Å². The van der Waals surface area contributed by atoms with Gasteiger partial charge in [-0.25, -0.2) is 15.0 Å². The van der Waals surface area contributed by atoms with Gasteiger partial charge in [0.15, 0.2) is 17.5 Å². The molecule has 4 heterocycles. The molecule has 4 aromatic heterocycles. The Hall–Kier alpha value is -6.63. The lowest BCUT2D eigenvalue weighted by Gasteiger charge is -2.10. The monoisotopic (exact) mass is 670 g/mol. The number of nitrogens with zero attached hydrogens (tertiary/aromatic N) is 4. The van der Waals surface area contributed by atoms with E-state index in [9.17, 15) is 0 Å². The average molecular weight is 671 g/mol. The lowest BCUT2D eigenvalue weighted by molar-refractivity contribution is 0.669. The number of hydrogen-bond acceptors (Lipinski definition) is 5. The maximum atomic E-state index is 6.28. The summed E-state index contributed by atoms with van der Waals surface area (Å²) in [6.45, 7) is 0. The summed E-state index contributed by atoms with van der Waals surface area (Å²) in [5.41, 5.74) is 7.83. The van der Waals surface area contributed by atoms with Crippen LogP contribution < -0.4 is 0 Å². The minimum atomic E-state index is 0.606. The molecule has 7 aromatic carbocycles. The molecule has 0 saturated heterocycles. The second-order valence-corrected chi connectivity index (χ2v) is 13.9. The van der Waals surface area contributed by atoms with Crippen LogP contribution in [0.25, 0.3) is 104 Å². The molecule has 11 aromatic rings. The molecule has 0 radical (unpaired) electrons. The summed E-state index contributed by atoms with van der Waals surface area (Å²) >= 11 is 1.81. The second-order valence-electron chi connectivity index (χ2n) is 12.8. The molecule has 0 bridgehead atoms. The van der Waals surface area contributed by atoms with Crippen LogP contribution in [0.2, 0.25) is 0 Å². The van der Waals surface area contributed by atoms with Crippen molar-refractivity contribution in [2.75, 3.05) is 0 Å². The second kappa shape index (κ2) is 10.9. The zero-order valence-electron chi connectivity index (χ0n) is 27.1. The number of para-hydroxylation sites is 3. The van der Waals surface area contributed by atoms with Crippen molar-refractivity contribution in [3.05, 3.63) is 158 Å². The van der Waals surface area contributed by atoms with E-state index in [1.165, 1.54) is 25.6 Å². The first kappa shape index (κ1) is 28.2. The first-order valence-corrected chi connectivity index (χ1v) is 17.8. The standard InChI is InChI=1S/C45H26N4OS/c1-2-11-29(12-3-1)49-36-17-7-4-13-30(36)34-25-27(21-23-37(34)49)43-46-44(28-22-24-41-35(26-28)31-14-6-9-20-40(31)51-41)48-45(47-43)33-16-10-19-39-42(33)32-15-5-8-18-38(32)50-39/h1-26H. The van der Waals surface area contributed by atoms with E-state index < -0.39 is 0 Å². The van der Waals surface area contributed by atoms with Gasteiger partial charge in [0.25, 0.3) is 0 Å². The van der Waals surface area contributed by atoms with Crippen LogP contribution >= 0.6 is 11.3 Å². The van der Waals surface area contributed by atoms with Crippen molar-refractivity contribution < 1.29 is 4.42 Å². The predicted molar refractivity (Wildman–Crippen MR) is 211 cm³/mol. The summed E-state index contributed by atoms with van der Waals surface area (Å²) < 4.78 is 11.1. The van der Waals surface area contributed by atoms with E-state index in [0.717, 1.165) is 60.7 Å². The predicted octanol–water partition coefficient (Wildman–Crippen LogP) is 12.2. The van der Waals surface area contributed by atoms with Crippen LogP contribution in [0.4, 0.5) is 0 Å². The van der Waals surface area contributed by atoms with Crippen LogP contribution in [0.15, 0.2) is 162 Å². The van der Waals surface area contributed by atoms with Gasteiger partial charge in [0.2, 0.25) is 0 Å². The number of fused-ring (bicyclic) bond motifs is 9. The molecule has 238 valence electrons. The van der Waals surface area contributed by atoms with Gasteiger partial charge in [0, 0.05) is 64.1 Å². The molecule has 0 aliphatic carbocycles. The summed E-state index contributed by atoms with van der Waals surface area (Å²) in [6.07, 6.45) is 0. The van der Waals surface area contributed by atoms with Crippen molar-refractivity contribution in [1.29, 1.82) is 0 Å². The third kappa shape index (κ3) is 4.37. The van der Waals surface area contributed by atoms with Gasteiger partial charge >= 0.3 is 0 Å². The van der Waals surface area contributed by atoms with Crippen LogP contribution in [0.3, 0.4) is 0 Å². The Bertz CT molecular complexity index is 3150. The average Bonchev–Trinajstić information content (AvgIpc) is 3.87. The highest BCUT2D eigenvalue weighted by atomic mass is 32.1. The lowest BCUT2D eigenvalue weighted by Crippen LogP contribution is -2.00. The smallest absolute Gasteiger partial charge is 0.164 e. The number of benzene rings is 7. The van der Waals surface area contributed by atoms with Crippen LogP contribution in [-0.4, -0.2) is 19.5 Å². The number of thiophene rings is 1. The van der Waals surface area contributed by atoms with E-state index in [2.05, 4.69) is 132 Å². The minimum Gasteiger partial charge on any atom is -0.456 e. The Labute approximate surface area is 295 Å². The van der Waals surface area contributed by atoms with Crippen LogP contribution in [0.1, 0.15) is 0 Å². The molecule has 0 atom stereocenters. The quantitative estimate of drug-likeness (QED) is 0.187. The molecule has 0 aliphatic heterocycles. The molecule has 0 spiro atoms. The Morgan fingerprint density at radius 2 is 1.06 bits per heavy atom. The molecular formula is C45H26N4OS. The Morgan fingerprint density at radius 1 is 0.431 bits per heavy atom. The van der Waals surface area contributed by atoms with Crippen LogP contribution in [-0.2, 0) is 0 Å². The van der Waals surface area contributed by atoms with Gasteiger partial charge in [-0.3, -0.25) is 0 Å². The largest absolute Gasteiger partial charge is 0.456 e. The normalized spacial score (nSPS) is 11.9. The van der Waals surface area contributed by atoms with E-state index >= 15 is 0 Å².